The first-order chi connectivity index (χ1) is 12.8. The number of rotatable bonds is 4. The Kier molecular flexibility index (Phi) is 5.53. The van der Waals surface area contributed by atoms with Crippen LogP contribution in [0.4, 0.5) is 0 Å². The van der Waals surface area contributed by atoms with Crippen LogP contribution in [0.1, 0.15) is 51.4 Å². The molecule has 2 atom stereocenters. The van der Waals surface area contributed by atoms with Gasteiger partial charge in [0.05, 0.1) is 11.8 Å². The summed E-state index contributed by atoms with van der Waals surface area (Å²) >= 11 is 0. The molecule has 0 spiro atoms. The van der Waals surface area contributed by atoms with Crippen LogP contribution in [-0.2, 0) is 4.79 Å². The topological polar surface area (TPSA) is 17.1 Å². The zero-order valence-corrected chi connectivity index (χ0v) is 15.6. The second-order valence-electron chi connectivity index (χ2n) is 8.27. The lowest BCUT2D eigenvalue weighted by molar-refractivity contribution is -0.122. The van der Waals surface area contributed by atoms with Gasteiger partial charge in [0.15, 0.2) is 5.78 Å². The SMILES string of the molecule is O=C(C1C=CC=CC1=CC1CCCC1)C1C=CC=CC1=CC1CCCC1. The van der Waals surface area contributed by atoms with E-state index in [0.29, 0.717) is 17.6 Å². The molecule has 0 saturated heterocycles. The summed E-state index contributed by atoms with van der Waals surface area (Å²) in [6, 6.07) is 0. The van der Waals surface area contributed by atoms with Gasteiger partial charge in [-0.15, -0.1) is 0 Å². The Hall–Kier alpha value is -1.89. The van der Waals surface area contributed by atoms with Crippen LogP contribution in [0.5, 0.6) is 0 Å². The van der Waals surface area contributed by atoms with E-state index >= 15 is 0 Å². The van der Waals surface area contributed by atoms with Gasteiger partial charge in [-0.25, -0.2) is 0 Å². The number of hydrogen-bond donors (Lipinski definition) is 0. The van der Waals surface area contributed by atoms with Crippen molar-refractivity contribution in [3.63, 3.8) is 0 Å². The standard InChI is InChI=1S/C25H30O/c26-25(23-15-7-5-13-21(23)17-19-9-1-2-10-19)24-16-8-6-14-22(24)18-20-11-3-4-12-20/h5-8,13-20,23-24H,1-4,9-12H2. The molecule has 2 saturated carbocycles. The fraction of sp³-hybridized carbons (Fsp3) is 0.480. The number of allylic oxidation sites excluding steroid dienone is 12. The molecule has 4 rings (SSSR count). The number of Topliss-reactive ketones (excluding diaryl/α,β-unsaturated/α-hetero) is 1. The number of hydrogen-bond acceptors (Lipinski definition) is 1. The van der Waals surface area contributed by atoms with Crippen molar-refractivity contribution in [1.29, 1.82) is 0 Å². The molecule has 0 amide bonds. The van der Waals surface area contributed by atoms with Crippen LogP contribution in [-0.4, -0.2) is 5.78 Å². The van der Waals surface area contributed by atoms with Gasteiger partial charge in [-0.2, -0.15) is 0 Å². The predicted octanol–water partition coefficient (Wildman–Crippen LogP) is 6.27. The van der Waals surface area contributed by atoms with Crippen molar-refractivity contribution in [2.45, 2.75) is 51.4 Å². The maximum atomic E-state index is 13.5. The van der Waals surface area contributed by atoms with Gasteiger partial charge < -0.3 is 0 Å². The lowest BCUT2D eigenvalue weighted by Crippen LogP contribution is -2.25. The predicted molar refractivity (Wildman–Crippen MR) is 109 cm³/mol. The van der Waals surface area contributed by atoms with Crippen molar-refractivity contribution in [1.82, 2.24) is 0 Å². The molecular weight excluding hydrogens is 316 g/mol. The van der Waals surface area contributed by atoms with Gasteiger partial charge in [0, 0.05) is 0 Å². The first-order valence-electron chi connectivity index (χ1n) is 10.5. The normalized spacial score (nSPS) is 32.3. The zero-order valence-electron chi connectivity index (χ0n) is 15.6. The third-order valence-corrected chi connectivity index (χ3v) is 6.39. The molecule has 2 fully saturated rings. The molecule has 4 aliphatic carbocycles. The van der Waals surface area contributed by atoms with E-state index in [4.69, 9.17) is 0 Å². The van der Waals surface area contributed by atoms with Crippen molar-refractivity contribution in [3.05, 3.63) is 71.9 Å². The molecule has 4 aliphatic rings. The minimum atomic E-state index is -0.0891. The summed E-state index contributed by atoms with van der Waals surface area (Å²) in [5.41, 5.74) is 2.43. The summed E-state index contributed by atoms with van der Waals surface area (Å²) in [6.45, 7) is 0. The van der Waals surface area contributed by atoms with E-state index in [9.17, 15) is 4.79 Å². The zero-order chi connectivity index (χ0) is 17.8. The molecule has 2 unspecified atom stereocenters. The Morgan fingerprint density at radius 2 is 1.12 bits per heavy atom. The second-order valence-corrected chi connectivity index (χ2v) is 8.27. The quantitative estimate of drug-likeness (QED) is 0.586. The molecule has 136 valence electrons. The lowest BCUT2D eigenvalue weighted by atomic mass is 9.78. The molecule has 0 N–H and O–H groups in total. The van der Waals surface area contributed by atoms with Gasteiger partial charge in [0.25, 0.3) is 0 Å². The van der Waals surface area contributed by atoms with E-state index in [2.05, 4.69) is 48.6 Å². The fourth-order valence-electron chi connectivity index (χ4n) is 4.94. The Balaban J connectivity index is 1.55. The number of carbonyl (C=O) groups excluding carboxylic acids is 1. The van der Waals surface area contributed by atoms with E-state index in [1.54, 1.807) is 0 Å². The molecule has 0 aliphatic heterocycles. The monoisotopic (exact) mass is 346 g/mol. The van der Waals surface area contributed by atoms with Gasteiger partial charge in [-0.3, -0.25) is 4.79 Å². The second kappa shape index (κ2) is 8.20. The number of carbonyl (C=O) groups is 1. The van der Waals surface area contributed by atoms with E-state index in [0.717, 1.165) is 0 Å². The molecule has 0 radical (unpaired) electrons. The highest BCUT2D eigenvalue weighted by Gasteiger charge is 2.30. The summed E-state index contributed by atoms with van der Waals surface area (Å²) < 4.78 is 0. The van der Waals surface area contributed by atoms with Crippen LogP contribution in [0.2, 0.25) is 0 Å². The molecule has 0 aromatic rings. The van der Waals surface area contributed by atoms with Crippen LogP contribution in [0.15, 0.2) is 71.9 Å². The molecule has 0 bridgehead atoms. The van der Waals surface area contributed by atoms with Gasteiger partial charge in [-0.05, 0) is 48.7 Å². The minimum absolute atomic E-state index is 0.0891. The van der Waals surface area contributed by atoms with Crippen molar-refractivity contribution < 1.29 is 4.79 Å². The van der Waals surface area contributed by atoms with Crippen molar-refractivity contribution in [2.75, 3.05) is 0 Å². The number of ketones is 1. The van der Waals surface area contributed by atoms with Gasteiger partial charge in [-0.1, -0.05) is 86.4 Å². The first kappa shape index (κ1) is 17.5. The summed E-state index contributed by atoms with van der Waals surface area (Å²) in [4.78, 5) is 13.5. The Morgan fingerprint density at radius 3 is 1.54 bits per heavy atom. The van der Waals surface area contributed by atoms with Gasteiger partial charge in [0.2, 0.25) is 0 Å². The van der Waals surface area contributed by atoms with E-state index in [1.807, 2.05) is 12.2 Å². The summed E-state index contributed by atoms with van der Waals surface area (Å²) in [7, 11) is 0. The van der Waals surface area contributed by atoms with Crippen molar-refractivity contribution >= 4 is 5.78 Å². The highest BCUT2D eigenvalue weighted by molar-refractivity contribution is 5.93. The molecule has 0 heterocycles. The van der Waals surface area contributed by atoms with E-state index in [-0.39, 0.29) is 11.8 Å². The molecule has 1 heteroatoms. The third-order valence-electron chi connectivity index (χ3n) is 6.39. The van der Waals surface area contributed by atoms with Crippen molar-refractivity contribution in [2.24, 2.45) is 23.7 Å². The summed E-state index contributed by atoms with van der Waals surface area (Å²) in [5.74, 6) is 1.47. The Morgan fingerprint density at radius 1 is 0.692 bits per heavy atom. The largest absolute Gasteiger partial charge is 0.298 e. The van der Waals surface area contributed by atoms with Crippen LogP contribution >= 0.6 is 0 Å². The van der Waals surface area contributed by atoms with Gasteiger partial charge >= 0.3 is 0 Å². The average Bonchev–Trinajstić information content (AvgIpc) is 3.36. The van der Waals surface area contributed by atoms with Crippen LogP contribution in [0.3, 0.4) is 0 Å². The van der Waals surface area contributed by atoms with Crippen LogP contribution < -0.4 is 0 Å². The fourth-order valence-corrected chi connectivity index (χ4v) is 4.94. The third kappa shape index (κ3) is 3.92. The van der Waals surface area contributed by atoms with Crippen molar-refractivity contribution in [3.8, 4) is 0 Å². The average molecular weight is 347 g/mol. The maximum absolute atomic E-state index is 13.5. The van der Waals surface area contributed by atoms with E-state index in [1.165, 1.54) is 62.5 Å². The highest BCUT2D eigenvalue weighted by atomic mass is 16.1. The van der Waals surface area contributed by atoms with E-state index < -0.39 is 0 Å². The van der Waals surface area contributed by atoms with Crippen LogP contribution in [0, 0.1) is 23.7 Å². The Labute approximate surface area is 157 Å². The smallest absolute Gasteiger partial charge is 0.155 e. The summed E-state index contributed by atoms with van der Waals surface area (Å²) in [6.07, 6.45) is 32.0. The Bertz CT molecular complexity index is 640. The highest BCUT2D eigenvalue weighted by Crippen LogP contribution is 2.35. The molecular formula is C25H30O. The van der Waals surface area contributed by atoms with Gasteiger partial charge in [0.1, 0.15) is 0 Å². The van der Waals surface area contributed by atoms with Crippen LogP contribution in [0.25, 0.3) is 0 Å². The maximum Gasteiger partial charge on any atom is 0.155 e. The summed E-state index contributed by atoms with van der Waals surface area (Å²) in [5, 5.41) is 0. The molecule has 0 aromatic heterocycles. The molecule has 1 nitrogen and oxygen atoms in total. The molecule has 26 heavy (non-hydrogen) atoms. The molecule has 0 aromatic carbocycles. The lowest BCUT2D eigenvalue weighted by Gasteiger charge is -2.24. The minimum Gasteiger partial charge on any atom is -0.298 e. The first-order valence-corrected chi connectivity index (χ1v) is 10.5.